The number of nitrogen functional groups attached to an aromatic ring is 1. The monoisotopic (exact) mass is 666 g/mol. The predicted molar refractivity (Wildman–Crippen MR) is 174 cm³/mol. The average molecular weight is 667 g/mol. The van der Waals surface area contributed by atoms with E-state index in [1.165, 1.54) is 12.1 Å². The second kappa shape index (κ2) is 11.0. The van der Waals surface area contributed by atoms with Crippen LogP contribution in [0.25, 0.3) is 32.1 Å². The van der Waals surface area contributed by atoms with Crippen molar-refractivity contribution in [3.05, 3.63) is 34.4 Å². The third-order valence-electron chi connectivity index (χ3n) is 10.3. The number of ether oxygens (including phenoxy) is 2. The standard InChI is InChI=1S/C33H33ClF2N6O3S/c1-16-11-33(8-2-9-41(33)13-16)15-45-32-39-27-24-28(44-10-7-17-3-4-18(43)14-42(17)31(24)40-32)25(34)23(26(27)36)19-5-6-21(35)29-22(19)20(12-37)30(38)46-29/h5-6,16-18,43H,2-4,7-11,13-15,38H2,1H3/t16-,17?,18?,33?/m1/s1. The number of piperidine rings is 1. The highest BCUT2D eigenvalue weighted by molar-refractivity contribution is 7.23. The maximum atomic E-state index is 17.2. The summed E-state index contributed by atoms with van der Waals surface area (Å²) in [7, 11) is 0. The van der Waals surface area contributed by atoms with Crippen molar-refractivity contribution in [2.75, 3.05) is 43.5 Å². The van der Waals surface area contributed by atoms with Gasteiger partial charge in [0.15, 0.2) is 11.6 Å². The normalized spacial score (nSPS) is 26.0. The molecule has 0 amide bonds. The van der Waals surface area contributed by atoms with Crippen molar-refractivity contribution >= 4 is 54.7 Å². The fourth-order valence-electron chi connectivity index (χ4n) is 8.27. The van der Waals surface area contributed by atoms with Crippen molar-refractivity contribution in [3.63, 3.8) is 0 Å². The minimum absolute atomic E-state index is 0.00676. The van der Waals surface area contributed by atoms with E-state index in [2.05, 4.69) is 16.8 Å². The highest BCUT2D eigenvalue weighted by atomic mass is 35.5. The maximum absolute atomic E-state index is 17.2. The fraction of sp³-hybridized carbons (Fsp3) is 0.485. The Morgan fingerprint density at radius 2 is 2.09 bits per heavy atom. The fourth-order valence-corrected chi connectivity index (χ4v) is 9.56. The first-order valence-corrected chi connectivity index (χ1v) is 17.0. The number of rotatable bonds is 4. The van der Waals surface area contributed by atoms with Crippen LogP contribution in [0.4, 0.5) is 19.6 Å². The zero-order chi connectivity index (χ0) is 31.9. The summed E-state index contributed by atoms with van der Waals surface area (Å²) >= 11 is 7.96. The molecule has 2 aromatic heterocycles. The first kappa shape index (κ1) is 29.9. The lowest BCUT2D eigenvalue weighted by atomic mass is 9.92. The van der Waals surface area contributed by atoms with Crippen LogP contribution in [0, 0.1) is 28.9 Å². The summed E-state index contributed by atoms with van der Waals surface area (Å²) in [5, 5.41) is 21.2. The molecule has 0 aliphatic carbocycles. The number of benzene rings is 2. The second-order valence-corrected chi connectivity index (χ2v) is 14.6. The lowest BCUT2D eigenvalue weighted by Gasteiger charge is -2.40. The molecule has 3 saturated heterocycles. The van der Waals surface area contributed by atoms with Crippen LogP contribution in [0.15, 0.2) is 12.1 Å². The molecule has 4 aromatic rings. The Bertz CT molecular complexity index is 1950. The van der Waals surface area contributed by atoms with Crippen LogP contribution >= 0.6 is 22.9 Å². The summed E-state index contributed by atoms with van der Waals surface area (Å²) in [4.78, 5) is 14.0. The van der Waals surface area contributed by atoms with E-state index in [0.717, 1.165) is 50.1 Å². The van der Waals surface area contributed by atoms with E-state index in [1.807, 2.05) is 11.0 Å². The molecule has 4 atom stereocenters. The van der Waals surface area contributed by atoms with E-state index in [-0.39, 0.29) is 71.0 Å². The van der Waals surface area contributed by atoms with Gasteiger partial charge in [-0.05, 0) is 56.2 Å². The summed E-state index contributed by atoms with van der Waals surface area (Å²) in [6, 6.07) is 4.71. The first-order chi connectivity index (χ1) is 22.2. The number of hydrogen-bond donors (Lipinski definition) is 2. The van der Waals surface area contributed by atoms with Gasteiger partial charge in [0.25, 0.3) is 0 Å². The largest absolute Gasteiger partial charge is 0.491 e. The smallest absolute Gasteiger partial charge is 0.319 e. The van der Waals surface area contributed by atoms with Crippen molar-refractivity contribution in [1.82, 2.24) is 14.9 Å². The minimum Gasteiger partial charge on any atom is -0.491 e. The van der Waals surface area contributed by atoms with Gasteiger partial charge in [-0.25, -0.2) is 8.78 Å². The van der Waals surface area contributed by atoms with Crippen LogP contribution in [0.1, 0.15) is 51.0 Å². The summed E-state index contributed by atoms with van der Waals surface area (Å²) in [6.45, 7) is 5.26. The third kappa shape index (κ3) is 4.50. The number of aliphatic hydroxyl groups is 1. The molecule has 6 heterocycles. The Kier molecular flexibility index (Phi) is 7.17. The molecule has 0 radical (unpaired) electrons. The van der Waals surface area contributed by atoms with Crippen molar-refractivity contribution in [2.24, 2.45) is 5.92 Å². The number of anilines is 2. The quantitative estimate of drug-likeness (QED) is 0.260. The van der Waals surface area contributed by atoms with Crippen molar-refractivity contribution in [1.29, 1.82) is 5.26 Å². The molecule has 8 rings (SSSR count). The van der Waals surface area contributed by atoms with Crippen molar-refractivity contribution in [2.45, 2.75) is 63.1 Å². The van der Waals surface area contributed by atoms with Gasteiger partial charge in [0.05, 0.1) is 38.9 Å². The Hall–Kier alpha value is -3.50. The van der Waals surface area contributed by atoms with Gasteiger partial charge in [-0.15, -0.1) is 11.3 Å². The second-order valence-electron chi connectivity index (χ2n) is 13.2. The van der Waals surface area contributed by atoms with Gasteiger partial charge in [-0.2, -0.15) is 15.2 Å². The van der Waals surface area contributed by atoms with Crippen LogP contribution in [0.2, 0.25) is 5.02 Å². The number of hydrogen-bond acceptors (Lipinski definition) is 10. The molecular formula is C33H33ClF2N6O3S. The molecular weight excluding hydrogens is 634 g/mol. The molecule has 9 nitrogen and oxygen atoms in total. The number of nitriles is 1. The van der Waals surface area contributed by atoms with E-state index in [4.69, 9.17) is 31.8 Å². The zero-order valence-corrected chi connectivity index (χ0v) is 26.9. The van der Waals surface area contributed by atoms with Crippen LogP contribution < -0.4 is 20.1 Å². The van der Waals surface area contributed by atoms with E-state index >= 15 is 4.39 Å². The van der Waals surface area contributed by atoms with E-state index in [9.17, 15) is 14.8 Å². The van der Waals surface area contributed by atoms with Crippen molar-refractivity contribution in [3.8, 4) is 29.0 Å². The number of nitrogens with zero attached hydrogens (tertiary/aromatic N) is 5. The molecule has 0 saturated carbocycles. The molecule has 4 aliphatic rings. The summed E-state index contributed by atoms with van der Waals surface area (Å²) in [6.07, 6.45) is 4.52. The molecule has 0 bridgehead atoms. The lowest BCUT2D eigenvalue weighted by molar-refractivity contribution is 0.107. The lowest BCUT2D eigenvalue weighted by Crippen LogP contribution is -2.47. The van der Waals surface area contributed by atoms with Gasteiger partial charge < -0.3 is 25.2 Å². The molecule has 3 unspecified atom stereocenters. The summed E-state index contributed by atoms with van der Waals surface area (Å²) in [5.41, 5.74) is 6.12. The Labute approximate surface area is 273 Å². The number of aliphatic hydroxyl groups excluding tert-OH is 1. The Balaban J connectivity index is 1.36. The van der Waals surface area contributed by atoms with E-state index < -0.39 is 17.7 Å². The van der Waals surface area contributed by atoms with Crippen LogP contribution in [0.5, 0.6) is 11.8 Å². The van der Waals surface area contributed by atoms with Crippen LogP contribution in [-0.4, -0.2) is 70.5 Å². The Morgan fingerprint density at radius 3 is 2.91 bits per heavy atom. The van der Waals surface area contributed by atoms with Gasteiger partial charge in [-0.3, -0.25) is 4.90 Å². The van der Waals surface area contributed by atoms with Crippen LogP contribution in [0.3, 0.4) is 0 Å². The van der Waals surface area contributed by atoms with Gasteiger partial charge in [0.1, 0.15) is 34.8 Å². The average Bonchev–Trinajstić information content (AvgIpc) is 3.67. The van der Waals surface area contributed by atoms with E-state index in [0.29, 0.717) is 44.3 Å². The molecule has 240 valence electrons. The summed E-state index contributed by atoms with van der Waals surface area (Å²) in [5.74, 6) is -0.209. The number of aromatic nitrogens is 2. The number of thiophene rings is 1. The topological polar surface area (TPSA) is 121 Å². The van der Waals surface area contributed by atoms with Gasteiger partial charge in [0, 0.05) is 36.5 Å². The molecule has 3 N–H and O–H groups in total. The predicted octanol–water partition coefficient (Wildman–Crippen LogP) is 6.26. The van der Waals surface area contributed by atoms with Gasteiger partial charge in [-0.1, -0.05) is 24.6 Å². The molecule has 4 aliphatic heterocycles. The molecule has 13 heteroatoms. The number of fused-ring (bicyclic) bond motifs is 4. The molecule has 46 heavy (non-hydrogen) atoms. The Morgan fingerprint density at radius 1 is 1.24 bits per heavy atom. The molecule has 0 spiro atoms. The molecule has 3 fully saturated rings. The van der Waals surface area contributed by atoms with Crippen molar-refractivity contribution < 1.29 is 23.4 Å². The zero-order valence-electron chi connectivity index (χ0n) is 25.3. The van der Waals surface area contributed by atoms with Gasteiger partial charge >= 0.3 is 6.01 Å². The maximum Gasteiger partial charge on any atom is 0.319 e. The molecule has 2 aromatic carbocycles. The summed E-state index contributed by atoms with van der Waals surface area (Å²) < 4.78 is 45.0. The number of halogens is 3. The third-order valence-corrected chi connectivity index (χ3v) is 11.7. The minimum atomic E-state index is -0.771. The van der Waals surface area contributed by atoms with Crippen LogP contribution in [-0.2, 0) is 0 Å². The highest BCUT2D eigenvalue weighted by Gasteiger charge is 2.48. The SMILES string of the molecule is C[C@H]1CN2CCCC2(COc2nc3c4c(c(Cl)c(-c5ccc(F)c6sc(N)c(C#N)c56)c(F)c4n2)OCCC2CCC(O)CN32)C1. The first-order valence-electron chi connectivity index (χ1n) is 15.8. The highest BCUT2D eigenvalue weighted by Crippen LogP contribution is 2.51. The van der Waals surface area contributed by atoms with E-state index in [1.54, 1.807) is 0 Å². The van der Waals surface area contributed by atoms with Gasteiger partial charge in [0.2, 0.25) is 0 Å². The number of nitrogens with two attached hydrogens (primary N) is 1.